The lowest BCUT2D eigenvalue weighted by Gasteiger charge is -2.40. The first-order valence-electron chi connectivity index (χ1n) is 16.4. The third kappa shape index (κ3) is 9.32. The Morgan fingerprint density at radius 1 is 0.652 bits per heavy atom. The fourth-order valence-electron chi connectivity index (χ4n) is 8.04. The van der Waals surface area contributed by atoms with E-state index in [0.717, 1.165) is 0 Å². The Hall–Kier alpha value is -2.95. The van der Waals surface area contributed by atoms with Crippen LogP contribution >= 0.6 is 0 Å². The van der Waals surface area contributed by atoms with Gasteiger partial charge in [0.1, 0.15) is 6.10 Å². The zero-order valence-electron chi connectivity index (χ0n) is 25.9. The number of esters is 1. The minimum Gasteiger partial charge on any atom is -0.481 e. The van der Waals surface area contributed by atoms with Crippen molar-refractivity contribution in [2.24, 2.45) is 29.6 Å². The highest BCUT2D eigenvalue weighted by Crippen LogP contribution is 2.41. The lowest BCUT2D eigenvalue weighted by Crippen LogP contribution is -2.46. The van der Waals surface area contributed by atoms with E-state index in [1.807, 2.05) is 0 Å². The van der Waals surface area contributed by atoms with Crippen LogP contribution in [0, 0.1) is 49.8 Å². The van der Waals surface area contributed by atoms with Crippen LogP contribution in [0.25, 0.3) is 0 Å². The Morgan fingerprint density at radius 3 is 1.63 bits per heavy atom. The van der Waals surface area contributed by atoms with Gasteiger partial charge in [-0.25, -0.2) is 4.89 Å². The Morgan fingerprint density at radius 2 is 1.13 bits per heavy atom. The predicted octanol–water partition coefficient (Wildman–Crippen LogP) is 3.58. The monoisotopic (exact) mass is 658 g/mol. The molecule has 16 heteroatoms. The molecular formula is C30H46N2O14. The van der Waals surface area contributed by atoms with Gasteiger partial charge in [0.2, 0.25) is 12.1 Å². The molecule has 4 aliphatic carbocycles. The van der Waals surface area contributed by atoms with Crippen molar-refractivity contribution < 1.29 is 58.8 Å². The lowest BCUT2D eigenvalue weighted by molar-refractivity contribution is -0.530. The normalized spacial score (nSPS) is 35.8. The van der Waals surface area contributed by atoms with Crippen molar-refractivity contribution in [2.75, 3.05) is 13.2 Å². The molecule has 3 N–H and O–H groups in total. The smallest absolute Gasteiger partial charge is 0.310 e. The molecule has 16 nitrogen and oxygen atoms in total. The molecule has 0 amide bonds. The van der Waals surface area contributed by atoms with Gasteiger partial charge in [-0.1, -0.05) is 0 Å². The maximum Gasteiger partial charge on any atom is 0.310 e. The summed E-state index contributed by atoms with van der Waals surface area (Å²) in [6.07, 6.45) is 4.24. The first-order valence-corrected chi connectivity index (χ1v) is 16.4. The maximum absolute atomic E-state index is 12.8. The molecule has 0 bridgehead atoms. The van der Waals surface area contributed by atoms with Gasteiger partial charge in [0.15, 0.2) is 0 Å². The first kappa shape index (κ1) is 35.9. The van der Waals surface area contributed by atoms with Gasteiger partial charge in [0, 0.05) is 41.4 Å². The molecule has 0 saturated heterocycles. The molecule has 0 heterocycles. The highest BCUT2D eigenvalue weighted by atomic mass is 17.1. The molecule has 0 aromatic carbocycles. The number of carbonyl (C=O) groups is 3. The molecule has 7 unspecified atom stereocenters. The number of nitrogens with zero attached hydrogens (tertiary/aromatic N) is 2. The summed E-state index contributed by atoms with van der Waals surface area (Å²) < 4.78 is 17.6. The number of carbonyl (C=O) groups excluding carboxylic acids is 1. The van der Waals surface area contributed by atoms with Gasteiger partial charge in [-0.2, -0.15) is 0 Å². The van der Waals surface area contributed by atoms with E-state index in [-0.39, 0.29) is 67.7 Å². The zero-order chi connectivity index (χ0) is 33.4. The van der Waals surface area contributed by atoms with E-state index in [1.165, 1.54) is 0 Å². The lowest BCUT2D eigenvalue weighted by atomic mass is 9.69. The van der Waals surface area contributed by atoms with E-state index >= 15 is 0 Å². The van der Waals surface area contributed by atoms with E-state index in [0.29, 0.717) is 64.6 Å². The molecule has 4 rings (SSSR count). The highest BCUT2D eigenvalue weighted by molar-refractivity contribution is 5.81. The number of carboxylic acid groups (broad SMARTS) is 2. The third-order valence-electron chi connectivity index (χ3n) is 10.6. The summed E-state index contributed by atoms with van der Waals surface area (Å²) in [4.78, 5) is 62.8. The van der Waals surface area contributed by atoms with Crippen molar-refractivity contribution >= 4 is 17.9 Å². The van der Waals surface area contributed by atoms with E-state index in [4.69, 9.17) is 19.1 Å². The van der Waals surface area contributed by atoms with Crippen LogP contribution in [-0.2, 0) is 33.5 Å². The molecule has 0 aliphatic heterocycles. The van der Waals surface area contributed by atoms with E-state index < -0.39 is 64.7 Å². The van der Waals surface area contributed by atoms with Gasteiger partial charge in [0.25, 0.3) is 0 Å². The van der Waals surface area contributed by atoms with E-state index in [2.05, 4.69) is 0 Å². The van der Waals surface area contributed by atoms with Crippen LogP contribution in [0.2, 0.25) is 0 Å². The summed E-state index contributed by atoms with van der Waals surface area (Å²) >= 11 is 0. The second-order valence-electron chi connectivity index (χ2n) is 13.3. The van der Waals surface area contributed by atoms with Crippen LogP contribution in [0.4, 0.5) is 0 Å². The van der Waals surface area contributed by atoms with Gasteiger partial charge in [-0.3, -0.25) is 39.9 Å². The van der Waals surface area contributed by atoms with Crippen molar-refractivity contribution in [3.05, 3.63) is 20.2 Å². The van der Waals surface area contributed by atoms with Crippen molar-refractivity contribution in [2.45, 2.75) is 126 Å². The Balaban J connectivity index is 1.13. The maximum atomic E-state index is 12.8. The summed E-state index contributed by atoms with van der Waals surface area (Å²) in [6, 6.07) is -1.79. The second-order valence-corrected chi connectivity index (χ2v) is 13.3. The molecule has 46 heavy (non-hydrogen) atoms. The summed E-state index contributed by atoms with van der Waals surface area (Å²) in [5.41, 5.74) is 0. The van der Waals surface area contributed by atoms with Crippen molar-refractivity contribution in [3.63, 3.8) is 0 Å². The molecule has 0 radical (unpaired) electrons. The summed E-state index contributed by atoms with van der Waals surface area (Å²) in [5, 5.41) is 51.5. The van der Waals surface area contributed by atoms with E-state index in [1.54, 1.807) is 0 Å². The SMILES string of the molecule is O=C(O)C1CCC([N+](=O)[O-])CC1C(=O)OC1CCC(OCCOC2CCC(C(OO)C3CC([N+](=O)[O-])CCC3C(=O)O)CC2)CC1. The first-order chi connectivity index (χ1) is 22.0. The summed E-state index contributed by atoms with van der Waals surface area (Å²) in [6.45, 7) is 0.737. The van der Waals surface area contributed by atoms with Gasteiger partial charge >= 0.3 is 17.9 Å². The second kappa shape index (κ2) is 16.7. The third-order valence-corrected chi connectivity index (χ3v) is 10.6. The van der Waals surface area contributed by atoms with Crippen LogP contribution in [0.15, 0.2) is 0 Å². The molecule has 260 valence electrons. The summed E-state index contributed by atoms with van der Waals surface area (Å²) in [5.74, 6) is -6.42. The topological polar surface area (TPSA) is 235 Å². The summed E-state index contributed by atoms with van der Waals surface area (Å²) in [7, 11) is 0. The average molecular weight is 659 g/mol. The number of nitro groups is 2. The number of hydrogen-bond donors (Lipinski definition) is 3. The van der Waals surface area contributed by atoms with E-state index in [9.17, 15) is 50.1 Å². The average Bonchev–Trinajstić information content (AvgIpc) is 3.04. The molecule has 4 saturated carbocycles. The zero-order valence-corrected chi connectivity index (χ0v) is 25.9. The Kier molecular flexibility index (Phi) is 13.1. The minimum absolute atomic E-state index is 0.0354. The quantitative estimate of drug-likeness (QED) is 0.0795. The van der Waals surface area contributed by atoms with Crippen LogP contribution in [-0.4, -0.2) is 92.9 Å². The minimum atomic E-state index is -1.14. The fraction of sp³-hybridized carbons (Fsp3) is 0.900. The molecule has 0 aromatic heterocycles. The number of ether oxygens (including phenoxy) is 3. The Bertz CT molecular complexity index is 1070. The molecule has 0 spiro atoms. The van der Waals surface area contributed by atoms with Crippen LogP contribution in [0.3, 0.4) is 0 Å². The van der Waals surface area contributed by atoms with Gasteiger partial charge < -0.3 is 24.4 Å². The van der Waals surface area contributed by atoms with Crippen LogP contribution in [0.5, 0.6) is 0 Å². The van der Waals surface area contributed by atoms with Crippen molar-refractivity contribution in [1.29, 1.82) is 0 Å². The molecule has 0 aromatic rings. The number of hydrogen-bond acceptors (Lipinski definition) is 12. The van der Waals surface area contributed by atoms with Crippen molar-refractivity contribution in [3.8, 4) is 0 Å². The highest BCUT2D eigenvalue weighted by Gasteiger charge is 2.47. The van der Waals surface area contributed by atoms with Crippen LogP contribution in [0.1, 0.15) is 89.9 Å². The number of aliphatic carboxylic acids is 2. The van der Waals surface area contributed by atoms with Gasteiger partial charge in [-0.05, 0) is 70.1 Å². The number of carboxylic acids is 2. The molecule has 4 fully saturated rings. The molecule has 7 atom stereocenters. The predicted molar refractivity (Wildman–Crippen MR) is 156 cm³/mol. The van der Waals surface area contributed by atoms with Crippen molar-refractivity contribution in [1.82, 2.24) is 0 Å². The van der Waals surface area contributed by atoms with Gasteiger partial charge in [0.05, 0.1) is 49.3 Å². The van der Waals surface area contributed by atoms with Gasteiger partial charge in [-0.15, -0.1) is 0 Å². The Labute approximate surface area is 266 Å². The molecule has 4 aliphatic rings. The fourth-order valence-corrected chi connectivity index (χ4v) is 8.04. The van der Waals surface area contributed by atoms with Crippen LogP contribution < -0.4 is 0 Å². The molecular weight excluding hydrogens is 612 g/mol. The largest absolute Gasteiger partial charge is 0.481 e. The number of rotatable bonds is 14. The standard InChI is InChI=1S/C30H46N2O14/c33-28(34)23-11-3-18(31(38)39)15-25(23)27(46-42)17-1-5-20(6-2-17)43-13-14-44-21-7-9-22(10-8-21)45-30(37)26-16-19(32(40)41)4-12-24(26)29(35)36/h17-27,42H,1-16H2,(H,33,34)(H,35,36).